The van der Waals surface area contributed by atoms with Crippen LogP contribution in [0, 0.1) is 0 Å². The molecule has 5 N–H and O–H groups in total. The van der Waals surface area contributed by atoms with Gasteiger partial charge in [-0.25, -0.2) is 9.59 Å². The molecule has 1 aromatic carbocycles. The maximum absolute atomic E-state index is 12.7. The Kier molecular flexibility index (Phi) is 7.82. The minimum atomic E-state index is -5.08. The zero-order chi connectivity index (χ0) is 25.9. The minimum Gasteiger partial charge on any atom is -0.477 e. The quantitative estimate of drug-likeness (QED) is 0.421. The highest BCUT2D eigenvalue weighted by atomic mass is 32.2. The van der Waals surface area contributed by atoms with E-state index in [9.17, 15) is 32.7 Å². The number of carbonyl (C=O) groups is 4. The summed E-state index contributed by atoms with van der Waals surface area (Å²) in [5, 5.41) is 19.0. The molecule has 2 aliphatic rings. The summed E-state index contributed by atoms with van der Waals surface area (Å²) in [7, 11) is 0. The van der Waals surface area contributed by atoms with Crippen molar-refractivity contribution < 1.29 is 42.6 Å². The molecule has 0 radical (unpaired) electrons. The Morgan fingerprint density at radius 2 is 1.83 bits per heavy atom. The van der Waals surface area contributed by atoms with Gasteiger partial charge in [-0.15, -0.1) is 23.1 Å². The number of carboxylic acids is 2. The van der Waals surface area contributed by atoms with Gasteiger partial charge in [-0.05, 0) is 5.56 Å². The monoisotopic (exact) mass is 530 g/mol. The van der Waals surface area contributed by atoms with E-state index in [4.69, 9.17) is 15.6 Å². The lowest BCUT2D eigenvalue weighted by molar-refractivity contribution is -0.192. The molecule has 3 unspecified atom stereocenters. The van der Waals surface area contributed by atoms with Gasteiger partial charge in [-0.2, -0.15) is 13.2 Å². The van der Waals surface area contributed by atoms with Gasteiger partial charge < -0.3 is 21.3 Å². The maximum atomic E-state index is 12.7. The Balaban J connectivity index is 0.000000429. The van der Waals surface area contributed by atoms with Gasteiger partial charge in [0.15, 0.2) is 0 Å². The van der Waals surface area contributed by atoms with E-state index in [0.717, 1.165) is 4.88 Å². The van der Waals surface area contributed by atoms with E-state index in [2.05, 4.69) is 10.3 Å². The minimum absolute atomic E-state index is 0.0455. The largest absolute Gasteiger partial charge is 0.490 e. The number of fused-ring (bicyclic) bond motifs is 1. The first-order valence-corrected chi connectivity index (χ1v) is 11.6. The third-order valence-corrected chi connectivity index (χ3v) is 6.99. The first-order valence-electron chi connectivity index (χ1n) is 9.64. The van der Waals surface area contributed by atoms with E-state index in [1.54, 1.807) is 36.0 Å². The molecule has 15 heteroatoms. The molecule has 2 aliphatic heterocycles. The van der Waals surface area contributed by atoms with Crippen LogP contribution >= 0.6 is 23.1 Å². The van der Waals surface area contributed by atoms with Crippen molar-refractivity contribution >= 4 is 52.4 Å². The van der Waals surface area contributed by atoms with Gasteiger partial charge in [0, 0.05) is 17.5 Å². The van der Waals surface area contributed by atoms with Crippen LogP contribution in [-0.2, 0) is 19.2 Å². The third kappa shape index (κ3) is 5.63. The summed E-state index contributed by atoms with van der Waals surface area (Å²) in [4.78, 5) is 51.8. The third-order valence-electron chi connectivity index (χ3n) is 4.88. The summed E-state index contributed by atoms with van der Waals surface area (Å²) < 4.78 is 31.7. The van der Waals surface area contributed by atoms with Crippen LogP contribution in [0.15, 0.2) is 47.7 Å². The Hall–Kier alpha value is -3.43. The second-order valence-corrected chi connectivity index (χ2v) is 9.08. The standard InChI is InChI=1S/C18H16N4O4S2.C2HF3O2/c19-12(9-4-2-1-3-5-9)15(23)21-13-16(24)22-14(18(25)26)10(7-27-17(13)22)11-6-20-8-28-11;3-2(4,5)1(6)7/h1-6,8,12-13,17H,7,19H2,(H,21,23)(H,25,26);(H,6,7). The first-order chi connectivity index (χ1) is 16.4. The molecule has 0 aliphatic carbocycles. The van der Waals surface area contributed by atoms with E-state index in [0.29, 0.717) is 16.9 Å². The molecule has 1 fully saturated rings. The average molecular weight is 531 g/mol. The first kappa shape index (κ1) is 26.2. The van der Waals surface area contributed by atoms with Crippen molar-refractivity contribution in [3.05, 3.63) is 58.2 Å². The fourth-order valence-corrected chi connectivity index (χ4v) is 5.35. The molecule has 2 aromatic rings. The number of benzene rings is 1. The zero-order valence-corrected chi connectivity index (χ0v) is 19.1. The maximum Gasteiger partial charge on any atom is 0.490 e. The van der Waals surface area contributed by atoms with Gasteiger partial charge in [0.05, 0.1) is 10.4 Å². The average Bonchev–Trinajstić information content (AvgIpc) is 3.36. The summed E-state index contributed by atoms with van der Waals surface area (Å²) >= 11 is 2.73. The number of amides is 2. The van der Waals surface area contributed by atoms with Crippen molar-refractivity contribution in [3.8, 4) is 0 Å². The molecule has 3 atom stereocenters. The summed E-state index contributed by atoms with van der Waals surface area (Å²) in [5.74, 6) is -4.44. The van der Waals surface area contributed by atoms with Crippen molar-refractivity contribution in [1.29, 1.82) is 0 Å². The SMILES string of the molecule is NC(C(=O)NC1C(=O)N2C(C(=O)O)=C(c3cncs3)CSC12)c1ccccc1.O=C(O)C(F)(F)F. The number of nitrogens with zero attached hydrogens (tertiary/aromatic N) is 2. The predicted octanol–water partition coefficient (Wildman–Crippen LogP) is 1.67. The number of hydrogen-bond donors (Lipinski definition) is 4. The number of nitrogens with one attached hydrogen (secondary N) is 1. The van der Waals surface area contributed by atoms with Crippen LogP contribution in [0.1, 0.15) is 16.5 Å². The Bertz CT molecular complexity index is 1160. The lowest BCUT2D eigenvalue weighted by Crippen LogP contribution is -2.70. The second kappa shape index (κ2) is 10.5. The van der Waals surface area contributed by atoms with Crippen molar-refractivity contribution in [1.82, 2.24) is 15.2 Å². The number of thioether (sulfide) groups is 1. The number of halogens is 3. The van der Waals surface area contributed by atoms with E-state index in [1.165, 1.54) is 28.0 Å². The van der Waals surface area contributed by atoms with Crippen LogP contribution in [0.2, 0.25) is 0 Å². The van der Waals surface area contributed by atoms with Crippen LogP contribution < -0.4 is 11.1 Å². The molecule has 4 rings (SSSR count). The fraction of sp³-hybridized carbons (Fsp3) is 0.250. The number of carboxylic acid groups (broad SMARTS) is 2. The number of β-lactam (4-membered cyclic amide) rings is 1. The number of carbonyl (C=O) groups excluding carboxylic acids is 2. The summed E-state index contributed by atoms with van der Waals surface area (Å²) in [6.45, 7) is 0. The number of thiazole rings is 1. The molecule has 1 aromatic heterocycles. The Labute approximate surface area is 203 Å². The Morgan fingerprint density at radius 3 is 2.34 bits per heavy atom. The molecule has 2 amide bonds. The molecular formula is C20H17F3N4O6S2. The van der Waals surface area contributed by atoms with Crippen LogP contribution in [-0.4, -0.2) is 67.2 Å². The van der Waals surface area contributed by atoms with Crippen molar-refractivity contribution in [3.63, 3.8) is 0 Å². The van der Waals surface area contributed by atoms with Gasteiger partial charge in [0.25, 0.3) is 5.91 Å². The zero-order valence-electron chi connectivity index (χ0n) is 17.4. The fourth-order valence-electron chi connectivity index (χ4n) is 3.23. The van der Waals surface area contributed by atoms with Gasteiger partial charge in [0.1, 0.15) is 23.2 Å². The van der Waals surface area contributed by atoms with Crippen LogP contribution in [0.4, 0.5) is 13.2 Å². The van der Waals surface area contributed by atoms with E-state index in [1.807, 2.05) is 6.07 Å². The summed E-state index contributed by atoms with van der Waals surface area (Å²) in [6, 6.07) is 7.15. The number of alkyl halides is 3. The molecule has 186 valence electrons. The van der Waals surface area contributed by atoms with Gasteiger partial charge >= 0.3 is 18.1 Å². The lowest BCUT2D eigenvalue weighted by Gasteiger charge is -2.49. The van der Waals surface area contributed by atoms with Gasteiger partial charge in [-0.1, -0.05) is 30.3 Å². The summed E-state index contributed by atoms with van der Waals surface area (Å²) in [5.41, 5.74) is 8.76. The van der Waals surface area contributed by atoms with Crippen molar-refractivity contribution in [2.75, 3.05) is 5.75 Å². The van der Waals surface area contributed by atoms with E-state index < -0.39 is 47.4 Å². The smallest absolute Gasteiger partial charge is 0.477 e. The molecular weight excluding hydrogens is 513 g/mol. The highest BCUT2D eigenvalue weighted by Gasteiger charge is 2.54. The van der Waals surface area contributed by atoms with Crippen molar-refractivity contribution in [2.24, 2.45) is 5.73 Å². The van der Waals surface area contributed by atoms with Crippen LogP contribution in [0.5, 0.6) is 0 Å². The molecule has 1 saturated heterocycles. The van der Waals surface area contributed by atoms with Crippen LogP contribution in [0.25, 0.3) is 5.57 Å². The van der Waals surface area contributed by atoms with E-state index in [-0.39, 0.29) is 5.70 Å². The number of hydrogen-bond acceptors (Lipinski definition) is 8. The van der Waals surface area contributed by atoms with Crippen LogP contribution in [0.3, 0.4) is 0 Å². The van der Waals surface area contributed by atoms with Gasteiger partial charge in [0.2, 0.25) is 5.91 Å². The number of aliphatic carboxylic acids is 2. The molecule has 0 bridgehead atoms. The number of aromatic nitrogens is 1. The summed E-state index contributed by atoms with van der Waals surface area (Å²) in [6.07, 6.45) is -3.49. The van der Waals surface area contributed by atoms with E-state index >= 15 is 0 Å². The molecule has 10 nitrogen and oxygen atoms in total. The molecule has 0 spiro atoms. The number of rotatable bonds is 5. The molecule has 0 saturated carbocycles. The Morgan fingerprint density at radius 1 is 1.20 bits per heavy atom. The predicted molar refractivity (Wildman–Crippen MR) is 119 cm³/mol. The normalized spacial score (nSPS) is 20.1. The highest BCUT2D eigenvalue weighted by molar-refractivity contribution is 8.00. The molecule has 3 heterocycles. The molecule has 35 heavy (non-hydrogen) atoms. The van der Waals surface area contributed by atoms with Crippen molar-refractivity contribution in [2.45, 2.75) is 23.6 Å². The highest BCUT2D eigenvalue weighted by Crippen LogP contribution is 2.43. The second-order valence-electron chi connectivity index (χ2n) is 7.09. The van der Waals surface area contributed by atoms with Gasteiger partial charge in [-0.3, -0.25) is 19.5 Å². The lowest BCUT2D eigenvalue weighted by atomic mass is 10.0. The number of nitrogens with two attached hydrogens (primary N) is 1. The topological polar surface area (TPSA) is 163 Å².